The molecule has 0 saturated heterocycles. The van der Waals surface area contributed by atoms with Crippen LogP contribution >= 0.6 is 0 Å². The Kier molecular flexibility index (Phi) is 7.54. The molecule has 300 valence electrons. The Balaban J connectivity index is 0.00000760. The van der Waals surface area contributed by atoms with Gasteiger partial charge in [-0.3, -0.25) is 9.55 Å². The minimum atomic E-state index is -3.80. The van der Waals surface area contributed by atoms with Crippen LogP contribution in [0.25, 0.3) is 72.7 Å². The molecule has 0 amide bonds. The summed E-state index contributed by atoms with van der Waals surface area (Å²) >= 11 is 0. The summed E-state index contributed by atoms with van der Waals surface area (Å²) in [7, 11) is 0. The molecule has 1 N–H and O–H groups in total. The van der Waals surface area contributed by atoms with E-state index in [1.54, 1.807) is 12.1 Å². The second-order valence-corrected chi connectivity index (χ2v) is 16.7. The molecule has 5 heteroatoms. The van der Waals surface area contributed by atoms with Crippen LogP contribution < -0.4 is 0 Å². The smallest absolute Gasteiger partial charge is 0.148 e. The van der Waals surface area contributed by atoms with Gasteiger partial charge in [-0.05, 0) is 86.0 Å². The van der Waals surface area contributed by atoms with Crippen LogP contribution in [-0.4, -0.2) is 19.6 Å². The van der Waals surface area contributed by atoms with Crippen molar-refractivity contribution in [2.45, 2.75) is 78.3 Å². The zero-order chi connectivity index (χ0) is 52.0. The minimum absolute atomic E-state index is 0. The van der Waals surface area contributed by atoms with Gasteiger partial charge in [-0.1, -0.05) is 164 Å². The first kappa shape index (κ1) is 28.0. The van der Waals surface area contributed by atoms with E-state index in [1.165, 1.54) is 18.3 Å². The fraction of sp³-hybridized carbons (Fsp3) is 0.222. The second kappa shape index (κ2) is 15.9. The molecule has 0 unspecified atom stereocenters. The van der Waals surface area contributed by atoms with Gasteiger partial charge in [0, 0.05) is 45.3 Å². The largest absolute Gasteiger partial charge is 0.507 e. The van der Waals surface area contributed by atoms with Crippen LogP contribution in [0.15, 0.2) is 146 Å². The number of hydrogen-bond donors (Lipinski definition) is 1. The molecule has 0 fully saturated rings. The third-order valence-electron chi connectivity index (χ3n) is 10.3. The van der Waals surface area contributed by atoms with Crippen LogP contribution in [0.5, 0.6) is 5.75 Å². The number of imidazole rings is 1. The topological polar surface area (TPSA) is 50.9 Å². The molecule has 0 aliphatic heterocycles. The van der Waals surface area contributed by atoms with Gasteiger partial charge in [0.15, 0.2) is 0 Å². The van der Waals surface area contributed by atoms with E-state index in [0.29, 0.717) is 33.7 Å². The molecule has 0 radical (unpaired) electrons. The van der Waals surface area contributed by atoms with Gasteiger partial charge in [-0.2, -0.15) is 0 Å². The van der Waals surface area contributed by atoms with Crippen molar-refractivity contribution in [1.82, 2.24) is 14.5 Å². The van der Waals surface area contributed by atoms with Gasteiger partial charge in [0.05, 0.1) is 27.8 Å². The number of aromatic hydroxyl groups is 1. The monoisotopic (exact) mass is 966 g/mol. The van der Waals surface area contributed by atoms with E-state index in [0.717, 1.165) is 39.0 Å². The molecule has 0 saturated carbocycles. The van der Waals surface area contributed by atoms with Crippen molar-refractivity contribution in [3.05, 3.63) is 168 Å². The molecule has 8 aromatic rings. The van der Waals surface area contributed by atoms with E-state index in [-0.39, 0.29) is 43.4 Å². The average molecular weight is 967 g/mol. The van der Waals surface area contributed by atoms with Crippen LogP contribution in [0.2, 0.25) is 0 Å². The number of benzene rings is 6. The first-order valence-corrected chi connectivity index (χ1v) is 19.1. The van der Waals surface area contributed by atoms with Gasteiger partial charge in [0.25, 0.3) is 0 Å². The van der Waals surface area contributed by atoms with Crippen LogP contribution in [0.3, 0.4) is 0 Å². The summed E-state index contributed by atoms with van der Waals surface area (Å²) in [4.78, 5) is 10.0. The molecule has 0 bridgehead atoms. The Morgan fingerprint density at radius 1 is 0.610 bits per heavy atom. The van der Waals surface area contributed by atoms with Gasteiger partial charge < -0.3 is 5.11 Å². The number of pyridine rings is 1. The van der Waals surface area contributed by atoms with Crippen molar-refractivity contribution in [3.63, 3.8) is 0 Å². The van der Waals surface area contributed by atoms with Crippen LogP contribution in [0.4, 0.5) is 0 Å². The number of phenols is 1. The Hall–Kier alpha value is -5.57. The van der Waals surface area contributed by atoms with Crippen molar-refractivity contribution in [2.75, 3.05) is 0 Å². The van der Waals surface area contributed by atoms with Gasteiger partial charge in [0.1, 0.15) is 11.6 Å². The van der Waals surface area contributed by atoms with Crippen LogP contribution in [0, 0.1) is 6.07 Å². The molecule has 0 spiro atoms. The predicted molar refractivity (Wildman–Crippen MR) is 243 cm³/mol. The first-order valence-electron chi connectivity index (χ1n) is 25.6. The Labute approximate surface area is 382 Å². The Bertz CT molecular complexity index is 3300. The van der Waals surface area contributed by atoms with E-state index in [4.69, 9.17) is 22.8 Å². The molecule has 59 heavy (non-hydrogen) atoms. The Morgan fingerprint density at radius 3 is 1.98 bits per heavy atom. The van der Waals surface area contributed by atoms with E-state index in [2.05, 4.69) is 87.5 Å². The summed E-state index contributed by atoms with van der Waals surface area (Å²) in [6.07, 6.45) is 1.41. The summed E-state index contributed by atoms with van der Waals surface area (Å²) < 4.78 is 112. The first-order chi connectivity index (χ1) is 33.0. The van der Waals surface area contributed by atoms with E-state index < -0.39 is 61.1 Å². The second-order valence-electron chi connectivity index (χ2n) is 16.7. The number of para-hydroxylation sites is 2. The predicted octanol–water partition coefficient (Wildman–Crippen LogP) is 14.2. The number of rotatable bonds is 6. The zero-order valence-corrected chi connectivity index (χ0v) is 35.9. The third-order valence-corrected chi connectivity index (χ3v) is 10.3. The number of nitrogens with zero attached hydrogens (tertiary/aromatic N) is 3. The van der Waals surface area contributed by atoms with Crippen LogP contribution in [0.1, 0.15) is 96.6 Å². The third kappa shape index (κ3) is 8.34. The fourth-order valence-corrected chi connectivity index (χ4v) is 7.21. The minimum Gasteiger partial charge on any atom is -0.507 e. The van der Waals surface area contributed by atoms with Gasteiger partial charge >= 0.3 is 0 Å². The normalized spacial score (nSPS) is 15.9. The number of hydrogen-bond acceptors (Lipinski definition) is 3. The quantitative estimate of drug-likeness (QED) is 0.169. The van der Waals surface area contributed by atoms with Crippen molar-refractivity contribution in [3.8, 4) is 67.5 Å². The molecular formula is C54H52N3OPt-. The summed E-state index contributed by atoms with van der Waals surface area (Å²) in [6, 6.07) is 36.2. The van der Waals surface area contributed by atoms with Crippen molar-refractivity contribution >= 4 is 11.0 Å². The maximum absolute atomic E-state index is 11.4. The standard InChI is InChI=1S/C54H52N3O.Pt/c1-52(2,3)41-25-22-36(23-26-41)38-28-29-55-46(34-38)40-30-39(31-42(32-40)53(4,5)6)43-19-15-20-48-50(43)56-51(44-18-13-14-21-49(44)58)57(48)47-27-24-37(33-45(47)54(7,8)9)35-16-11-10-12-17-35;/h10-29,31-34,58H,1-9H3;/q-1;/i1D3,2D3,3D3,22D,23D,25D,26D;. The molecular weight excluding hydrogens is 902 g/mol. The summed E-state index contributed by atoms with van der Waals surface area (Å²) in [6.45, 7) is 1.25. The summed E-state index contributed by atoms with van der Waals surface area (Å²) in [5.41, 5.74) is 3.12. The van der Waals surface area contributed by atoms with Gasteiger partial charge in [-0.25, -0.2) is 4.98 Å². The zero-order valence-electron chi connectivity index (χ0n) is 46.7. The molecule has 2 heterocycles. The van der Waals surface area contributed by atoms with E-state index in [9.17, 15) is 5.11 Å². The molecule has 0 aliphatic carbocycles. The van der Waals surface area contributed by atoms with Crippen molar-refractivity contribution < 1.29 is 44.0 Å². The Morgan fingerprint density at radius 2 is 1.29 bits per heavy atom. The summed E-state index contributed by atoms with van der Waals surface area (Å²) in [5, 5.41) is 11.4. The number of phenolic OH excluding ortho intramolecular Hbond substituents is 1. The van der Waals surface area contributed by atoms with Crippen LogP contribution in [-0.2, 0) is 37.3 Å². The SMILES string of the molecule is [2H]c1c([2H])c(C(C([2H])([2H])[2H])(C([2H])([2H])[2H])C([2H])([2H])[2H])c([2H])c([2H])c1-c1ccnc(-c2[c-]c(-c3cccc4c3nc(-c3ccccc3O)n4-c3ccc(-c4ccccc4)cc3C(C)(C)C)cc(C(C)(C)C)c2)c1.[Pt]. The van der Waals surface area contributed by atoms with E-state index in [1.807, 2.05) is 60.7 Å². The van der Waals surface area contributed by atoms with E-state index >= 15 is 0 Å². The van der Waals surface area contributed by atoms with Crippen molar-refractivity contribution in [1.29, 1.82) is 0 Å². The maximum Gasteiger partial charge on any atom is 0.148 e. The molecule has 8 rings (SSSR count). The fourth-order valence-electron chi connectivity index (χ4n) is 7.21. The molecule has 2 aromatic heterocycles. The molecule has 6 aromatic carbocycles. The van der Waals surface area contributed by atoms with Gasteiger partial charge in [-0.15, -0.1) is 29.3 Å². The van der Waals surface area contributed by atoms with Gasteiger partial charge in [0.2, 0.25) is 0 Å². The number of fused-ring (bicyclic) bond motifs is 1. The molecule has 4 nitrogen and oxygen atoms in total. The maximum atomic E-state index is 11.4. The average Bonchev–Trinajstić information content (AvgIpc) is 3.67. The summed E-state index contributed by atoms with van der Waals surface area (Å²) in [5.74, 6) is 0.575. The van der Waals surface area contributed by atoms with Crippen molar-refractivity contribution in [2.24, 2.45) is 0 Å². The number of aromatic nitrogens is 3. The molecule has 0 aliphatic rings. The molecule has 0 atom stereocenters.